The van der Waals surface area contributed by atoms with Gasteiger partial charge in [-0.25, -0.2) is 4.98 Å². The van der Waals surface area contributed by atoms with Gasteiger partial charge in [0.25, 0.3) is 0 Å². The SMILES string of the molecule is CCN(Cc1cccs1)c1cncc(CNC2CC2)n1. The Labute approximate surface area is 123 Å². The Balaban J connectivity index is 1.67. The van der Waals surface area contributed by atoms with Crippen molar-refractivity contribution in [2.24, 2.45) is 0 Å². The van der Waals surface area contributed by atoms with E-state index in [1.54, 1.807) is 11.3 Å². The Bertz CT molecular complexity index is 537. The summed E-state index contributed by atoms with van der Waals surface area (Å²) in [5, 5.41) is 5.60. The van der Waals surface area contributed by atoms with Crippen LogP contribution in [0.3, 0.4) is 0 Å². The number of rotatable bonds is 7. The highest BCUT2D eigenvalue weighted by molar-refractivity contribution is 7.09. The molecular weight excluding hydrogens is 268 g/mol. The van der Waals surface area contributed by atoms with Crippen LogP contribution in [0.15, 0.2) is 29.9 Å². The minimum absolute atomic E-state index is 0.703. The van der Waals surface area contributed by atoms with E-state index >= 15 is 0 Å². The van der Waals surface area contributed by atoms with Crippen molar-refractivity contribution in [2.75, 3.05) is 11.4 Å². The summed E-state index contributed by atoms with van der Waals surface area (Å²) in [4.78, 5) is 12.7. The molecule has 2 aromatic rings. The molecular formula is C15H20N4S. The van der Waals surface area contributed by atoms with Crippen LogP contribution in [0.2, 0.25) is 0 Å². The van der Waals surface area contributed by atoms with Gasteiger partial charge in [-0.2, -0.15) is 0 Å². The fraction of sp³-hybridized carbons (Fsp3) is 0.467. The van der Waals surface area contributed by atoms with Gasteiger partial charge in [-0.1, -0.05) is 6.07 Å². The van der Waals surface area contributed by atoms with Crippen molar-refractivity contribution in [1.82, 2.24) is 15.3 Å². The number of nitrogens with zero attached hydrogens (tertiary/aromatic N) is 3. The van der Waals surface area contributed by atoms with Gasteiger partial charge < -0.3 is 10.2 Å². The maximum absolute atomic E-state index is 4.73. The molecule has 0 spiro atoms. The second-order valence-electron chi connectivity index (χ2n) is 5.12. The van der Waals surface area contributed by atoms with Gasteiger partial charge in [0.05, 0.1) is 18.4 Å². The van der Waals surface area contributed by atoms with Crippen molar-refractivity contribution < 1.29 is 0 Å². The Morgan fingerprint density at radius 1 is 1.40 bits per heavy atom. The summed E-state index contributed by atoms with van der Waals surface area (Å²) in [5.74, 6) is 0.969. The third-order valence-corrected chi connectivity index (χ3v) is 4.31. The van der Waals surface area contributed by atoms with Gasteiger partial charge in [-0.15, -0.1) is 11.3 Å². The number of aromatic nitrogens is 2. The Morgan fingerprint density at radius 2 is 2.30 bits per heavy atom. The average Bonchev–Trinajstić information content (AvgIpc) is 3.18. The van der Waals surface area contributed by atoms with E-state index in [-0.39, 0.29) is 0 Å². The first-order valence-electron chi connectivity index (χ1n) is 7.17. The molecule has 1 aliphatic carbocycles. The average molecular weight is 288 g/mol. The minimum Gasteiger partial charge on any atom is -0.350 e. The lowest BCUT2D eigenvalue weighted by Crippen LogP contribution is -2.24. The van der Waals surface area contributed by atoms with Crippen LogP contribution in [0.5, 0.6) is 0 Å². The van der Waals surface area contributed by atoms with Crippen LogP contribution in [0.25, 0.3) is 0 Å². The first kappa shape index (κ1) is 13.5. The molecule has 5 heteroatoms. The van der Waals surface area contributed by atoms with Crippen molar-refractivity contribution in [1.29, 1.82) is 0 Å². The zero-order valence-corrected chi connectivity index (χ0v) is 12.6. The Morgan fingerprint density at radius 3 is 3.00 bits per heavy atom. The van der Waals surface area contributed by atoms with Gasteiger partial charge in [-0.05, 0) is 31.2 Å². The lowest BCUT2D eigenvalue weighted by atomic mass is 10.4. The van der Waals surface area contributed by atoms with Gasteiger partial charge in [0.1, 0.15) is 5.82 Å². The van der Waals surface area contributed by atoms with Gasteiger partial charge in [-0.3, -0.25) is 4.98 Å². The molecule has 0 aliphatic heterocycles. The molecule has 0 saturated heterocycles. The van der Waals surface area contributed by atoms with Gasteiger partial charge in [0.2, 0.25) is 0 Å². The van der Waals surface area contributed by atoms with Crippen LogP contribution in [0.1, 0.15) is 30.3 Å². The monoisotopic (exact) mass is 288 g/mol. The molecule has 2 aromatic heterocycles. The van der Waals surface area contributed by atoms with Crippen molar-refractivity contribution in [3.8, 4) is 0 Å². The maximum Gasteiger partial charge on any atom is 0.147 e. The summed E-state index contributed by atoms with van der Waals surface area (Å²) in [6.07, 6.45) is 6.31. The second-order valence-corrected chi connectivity index (χ2v) is 6.15. The molecule has 0 aromatic carbocycles. The molecule has 0 atom stereocenters. The molecule has 0 amide bonds. The first-order valence-corrected chi connectivity index (χ1v) is 8.04. The lowest BCUT2D eigenvalue weighted by Gasteiger charge is -2.21. The third-order valence-electron chi connectivity index (χ3n) is 3.45. The smallest absolute Gasteiger partial charge is 0.147 e. The minimum atomic E-state index is 0.703. The highest BCUT2D eigenvalue weighted by Gasteiger charge is 2.20. The summed E-state index contributed by atoms with van der Waals surface area (Å²) < 4.78 is 0. The topological polar surface area (TPSA) is 41.1 Å². The Hall–Kier alpha value is -1.46. The fourth-order valence-corrected chi connectivity index (χ4v) is 2.83. The standard InChI is InChI=1S/C15H20N4S/c1-2-19(11-14-4-3-7-20-14)15-10-16-8-13(18-15)9-17-12-5-6-12/h3-4,7-8,10,12,17H,2,5-6,9,11H2,1H3. The zero-order chi connectivity index (χ0) is 13.8. The fourth-order valence-electron chi connectivity index (χ4n) is 2.11. The quantitative estimate of drug-likeness (QED) is 0.850. The number of nitrogens with one attached hydrogen (secondary N) is 1. The molecule has 1 aliphatic rings. The number of anilines is 1. The van der Waals surface area contributed by atoms with Crippen molar-refractivity contribution in [3.63, 3.8) is 0 Å². The predicted molar refractivity (Wildman–Crippen MR) is 82.9 cm³/mol. The van der Waals surface area contributed by atoms with E-state index in [2.05, 4.69) is 39.6 Å². The summed E-state index contributed by atoms with van der Waals surface area (Å²) >= 11 is 1.79. The Kier molecular flexibility index (Phi) is 4.28. The molecule has 1 saturated carbocycles. The summed E-state index contributed by atoms with van der Waals surface area (Å²) in [7, 11) is 0. The van der Waals surface area contributed by atoms with Crippen LogP contribution < -0.4 is 10.2 Å². The van der Waals surface area contributed by atoms with Crippen molar-refractivity contribution in [3.05, 3.63) is 40.5 Å². The molecule has 0 unspecified atom stereocenters. The third kappa shape index (κ3) is 3.55. The molecule has 4 nitrogen and oxygen atoms in total. The van der Waals surface area contributed by atoms with E-state index in [0.717, 1.165) is 31.1 Å². The van der Waals surface area contributed by atoms with Gasteiger partial charge in [0, 0.05) is 30.2 Å². The maximum atomic E-state index is 4.73. The molecule has 1 fully saturated rings. The predicted octanol–water partition coefficient (Wildman–Crippen LogP) is 2.82. The lowest BCUT2D eigenvalue weighted by molar-refractivity contribution is 0.669. The van der Waals surface area contributed by atoms with E-state index in [9.17, 15) is 0 Å². The van der Waals surface area contributed by atoms with E-state index in [4.69, 9.17) is 4.98 Å². The molecule has 106 valence electrons. The van der Waals surface area contributed by atoms with Crippen LogP contribution >= 0.6 is 11.3 Å². The number of thiophene rings is 1. The van der Waals surface area contributed by atoms with Crippen LogP contribution in [0, 0.1) is 0 Å². The number of hydrogen-bond acceptors (Lipinski definition) is 5. The van der Waals surface area contributed by atoms with E-state index in [1.165, 1.54) is 17.7 Å². The van der Waals surface area contributed by atoms with E-state index in [1.807, 2.05) is 12.4 Å². The van der Waals surface area contributed by atoms with E-state index in [0.29, 0.717) is 6.04 Å². The van der Waals surface area contributed by atoms with Gasteiger partial charge in [0.15, 0.2) is 0 Å². The zero-order valence-electron chi connectivity index (χ0n) is 11.7. The number of hydrogen-bond donors (Lipinski definition) is 1. The molecule has 2 heterocycles. The van der Waals surface area contributed by atoms with Crippen LogP contribution in [-0.4, -0.2) is 22.6 Å². The van der Waals surface area contributed by atoms with Crippen LogP contribution in [0.4, 0.5) is 5.82 Å². The summed E-state index contributed by atoms with van der Waals surface area (Å²) in [5.41, 5.74) is 1.03. The summed E-state index contributed by atoms with van der Waals surface area (Å²) in [6, 6.07) is 4.96. The molecule has 0 radical (unpaired) electrons. The van der Waals surface area contributed by atoms with E-state index < -0.39 is 0 Å². The first-order chi connectivity index (χ1) is 9.85. The normalized spacial score (nSPS) is 14.4. The molecule has 20 heavy (non-hydrogen) atoms. The van der Waals surface area contributed by atoms with Crippen LogP contribution in [-0.2, 0) is 13.1 Å². The molecule has 1 N–H and O–H groups in total. The highest BCUT2D eigenvalue weighted by Crippen LogP contribution is 2.20. The largest absolute Gasteiger partial charge is 0.350 e. The van der Waals surface area contributed by atoms with Crippen molar-refractivity contribution in [2.45, 2.75) is 38.9 Å². The molecule has 0 bridgehead atoms. The molecule has 3 rings (SSSR count). The second kappa shape index (κ2) is 6.33. The van der Waals surface area contributed by atoms with Gasteiger partial charge >= 0.3 is 0 Å². The highest BCUT2D eigenvalue weighted by atomic mass is 32.1. The van der Waals surface area contributed by atoms with Crippen molar-refractivity contribution >= 4 is 17.2 Å². The summed E-state index contributed by atoms with van der Waals surface area (Å²) in [6.45, 7) is 4.82.